The first kappa shape index (κ1) is 61.9. The number of benzene rings is 3. The van der Waals surface area contributed by atoms with E-state index in [0.717, 1.165) is 0 Å². The Morgan fingerprint density at radius 2 is 0.329 bits per heavy atom. The summed E-state index contributed by atoms with van der Waals surface area (Å²) in [6.07, 6.45) is 0. The van der Waals surface area contributed by atoms with Gasteiger partial charge in [-0.05, 0) is 95.9 Å². The molecule has 3 aromatic carbocycles. The van der Waals surface area contributed by atoms with Gasteiger partial charge in [0.25, 0.3) is 0 Å². The van der Waals surface area contributed by atoms with Crippen LogP contribution in [0, 0.1) is 41.5 Å². The summed E-state index contributed by atoms with van der Waals surface area (Å²) in [5.41, 5.74) is 17.2. The average molecular weight is 1110 g/mol. The highest BCUT2D eigenvalue weighted by atomic mass is 28.4. The van der Waals surface area contributed by atoms with Gasteiger partial charge in [-0.1, -0.05) is 268 Å². The topological polar surface area (TPSA) is 0 Å². The van der Waals surface area contributed by atoms with Crippen LogP contribution in [0.25, 0.3) is 0 Å². The highest BCUT2D eigenvalue weighted by Crippen LogP contribution is 2.47. The number of allylic oxidation sites excluding steroid dienone is 4. The fourth-order valence-electron chi connectivity index (χ4n) is 15.8. The Labute approximate surface area is 446 Å². The third kappa shape index (κ3) is 10.3. The van der Waals surface area contributed by atoms with E-state index in [-0.39, 0.29) is 0 Å². The molecule has 0 nitrogen and oxygen atoms in total. The lowest BCUT2D eigenvalue weighted by atomic mass is 10.1. The van der Waals surface area contributed by atoms with E-state index >= 15 is 0 Å². The Morgan fingerprint density at radius 3 is 0.471 bits per heavy atom. The Kier molecular flexibility index (Phi) is 16.6. The zero-order valence-electron chi connectivity index (χ0n) is 53.6. The van der Waals surface area contributed by atoms with Crippen molar-refractivity contribution in [2.75, 3.05) is 0 Å². The molecule has 0 atom stereocenters. The molecule has 4 rings (SSSR count). The van der Waals surface area contributed by atoms with Gasteiger partial charge in [-0.15, -0.1) is 0 Å². The van der Waals surface area contributed by atoms with Crippen molar-refractivity contribution < 1.29 is 0 Å². The minimum Gasteiger partial charge on any atom is -0.0656 e. The molecular formula is C60H112Si10. The molecule has 0 aliphatic heterocycles. The molecule has 1 aliphatic carbocycles. The second-order valence-electron chi connectivity index (χ2n) is 32.4. The van der Waals surface area contributed by atoms with E-state index in [9.17, 15) is 0 Å². The lowest BCUT2D eigenvalue weighted by Crippen LogP contribution is -2.88. The van der Waals surface area contributed by atoms with E-state index in [1.165, 1.54) is 0 Å². The van der Waals surface area contributed by atoms with Crippen molar-refractivity contribution in [1.82, 2.24) is 0 Å². The molecule has 0 fully saturated rings. The Hall–Kier alpha value is -0.691. The average Bonchev–Trinajstić information content (AvgIpc) is 3.26. The summed E-state index contributed by atoms with van der Waals surface area (Å²) in [6, 6.07) is 0. The molecular weight excluding hydrogens is 1000 g/mol. The Bertz CT molecular complexity index is 2400. The first-order valence-electron chi connectivity index (χ1n) is 27.6. The molecule has 1 aliphatic rings. The second kappa shape index (κ2) is 18.8. The van der Waals surface area contributed by atoms with Crippen LogP contribution in [0.4, 0.5) is 0 Å². The van der Waals surface area contributed by atoms with E-state index in [2.05, 4.69) is 246 Å². The minimum absolute atomic E-state index is 0.328. The van der Waals surface area contributed by atoms with Crippen molar-refractivity contribution in [1.29, 1.82) is 0 Å². The Balaban J connectivity index is 3.18. The molecule has 0 radical (unpaired) electrons. The van der Waals surface area contributed by atoms with Crippen LogP contribution in [0.1, 0.15) is 61.1 Å². The normalized spacial score (nSPS) is 15.9. The van der Waals surface area contributed by atoms with E-state index in [0.29, 0.717) is 5.54 Å². The van der Waals surface area contributed by atoms with Crippen molar-refractivity contribution in [3.05, 3.63) is 55.7 Å². The van der Waals surface area contributed by atoms with Gasteiger partial charge in [0.1, 0.15) is 0 Å². The molecule has 3 aromatic rings. The second-order valence-corrected chi connectivity index (χ2v) is 81.1. The summed E-state index contributed by atoms with van der Waals surface area (Å²) in [5.74, 6) is 0. The SMILES string of the molecule is CC1=C(C)C([Si](c2c(C)c([Si](C)(C)C)c(C)c([Si](C)(C)C)c2[Si](C)(C)C)(c2c(C)c([Si](C)(C)C)c(C)c([Si](C)(C)C)c2[Si](C)(C)C)c2c(C)c([Si](C)(C)C)c(C)c([Si](C)(C)C)c2[Si](C)(C)C)C(C)=C1C. The highest BCUT2D eigenvalue weighted by Gasteiger charge is 2.60. The van der Waals surface area contributed by atoms with Crippen LogP contribution in [-0.2, 0) is 0 Å². The van der Waals surface area contributed by atoms with Crippen molar-refractivity contribution in [2.24, 2.45) is 0 Å². The van der Waals surface area contributed by atoms with E-state index in [1.54, 1.807) is 71.2 Å². The van der Waals surface area contributed by atoms with Crippen LogP contribution >= 0.6 is 0 Å². The summed E-state index contributed by atoms with van der Waals surface area (Å²) in [5, 5.41) is 22.6. The molecule has 0 saturated carbocycles. The minimum atomic E-state index is -3.41. The molecule has 392 valence electrons. The monoisotopic (exact) mass is 1110 g/mol. The first-order chi connectivity index (χ1) is 30.7. The molecule has 70 heavy (non-hydrogen) atoms. The third-order valence-corrected chi connectivity index (χ3v) is 43.6. The summed E-state index contributed by atoms with van der Waals surface area (Å²) < 4.78 is 0. The lowest BCUT2D eigenvalue weighted by molar-refractivity contribution is 1.09. The van der Waals surface area contributed by atoms with Crippen LogP contribution in [0.2, 0.25) is 182 Å². The highest BCUT2D eigenvalue weighted by molar-refractivity contribution is 7.23. The molecule has 0 N–H and O–H groups in total. The summed E-state index contributed by atoms with van der Waals surface area (Å²) in [7, 11) is -21.7. The van der Waals surface area contributed by atoms with Gasteiger partial charge >= 0.3 is 0 Å². The van der Waals surface area contributed by atoms with E-state index in [1.807, 2.05) is 46.7 Å². The number of rotatable bonds is 13. The molecule has 0 saturated heterocycles. The molecule has 0 bridgehead atoms. The summed E-state index contributed by atoms with van der Waals surface area (Å²) in [6.45, 7) is 101. The molecule has 0 spiro atoms. The van der Waals surface area contributed by atoms with Crippen molar-refractivity contribution >= 4 is 143 Å². The summed E-state index contributed by atoms with van der Waals surface area (Å²) in [4.78, 5) is 0. The van der Waals surface area contributed by atoms with Crippen LogP contribution in [-0.4, -0.2) is 80.7 Å². The molecule has 0 unspecified atom stereocenters. The van der Waals surface area contributed by atoms with Gasteiger partial charge in [0.15, 0.2) is 8.07 Å². The number of hydrogen-bond acceptors (Lipinski definition) is 0. The zero-order chi connectivity index (χ0) is 55.3. The maximum atomic E-state index is 2.79. The first-order valence-corrected chi connectivity index (χ1v) is 61.2. The van der Waals surface area contributed by atoms with Crippen molar-refractivity contribution in [2.45, 2.75) is 252 Å². The standard InChI is InChI=1S/C60H112Si10/c1-38-39(2)41(4)51(40(38)3)70(55-45(8)48(61(11,12)13)42(5)52(64(20,21)22)58(55)67(29,30)31,56-46(9)49(62(14,15)16)43(6)53(65(23,24)25)59(56)68(32,33)34)57-47(10)50(63(17,18)19)44(7)54(66(26,27)28)60(57)69(35,36)37/h51H,1-37H3. The zero-order valence-corrected chi connectivity index (χ0v) is 63.6. The molecule has 0 heterocycles. The van der Waals surface area contributed by atoms with Gasteiger partial charge in [-0.2, -0.15) is 0 Å². The smallest absolute Gasteiger partial charge is 0.0656 e. The summed E-state index contributed by atoms with van der Waals surface area (Å²) >= 11 is 0. The largest absolute Gasteiger partial charge is 0.159 e. The van der Waals surface area contributed by atoms with E-state index < -0.39 is 80.7 Å². The maximum absolute atomic E-state index is 3.41. The van der Waals surface area contributed by atoms with Gasteiger partial charge in [0.2, 0.25) is 0 Å². The van der Waals surface area contributed by atoms with Crippen LogP contribution in [0.15, 0.2) is 22.3 Å². The predicted molar refractivity (Wildman–Crippen MR) is 360 cm³/mol. The molecule has 0 amide bonds. The van der Waals surface area contributed by atoms with Gasteiger partial charge < -0.3 is 0 Å². The maximum Gasteiger partial charge on any atom is 0.159 e. The third-order valence-electron chi connectivity index (χ3n) is 17.0. The Morgan fingerprint density at radius 1 is 0.186 bits per heavy atom. The van der Waals surface area contributed by atoms with Gasteiger partial charge in [-0.25, -0.2) is 0 Å². The fraction of sp³-hybridized carbons (Fsp3) is 0.633. The quantitative estimate of drug-likeness (QED) is 0.118. The molecule has 10 heteroatoms. The van der Waals surface area contributed by atoms with Crippen molar-refractivity contribution in [3.63, 3.8) is 0 Å². The van der Waals surface area contributed by atoms with E-state index in [4.69, 9.17) is 0 Å². The van der Waals surface area contributed by atoms with Gasteiger partial charge in [0, 0.05) is 5.54 Å². The van der Waals surface area contributed by atoms with Crippen LogP contribution in [0.3, 0.4) is 0 Å². The van der Waals surface area contributed by atoms with Gasteiger partial charge in [0.05, 0.1) is 72.7 Å². The van der Waals surface area contributed by atoms with Crippen LogP contribution in [0.5, 0.6) is 0 Å². The lowest BCUT2D eigenvalue weighted by Gasteiger charge is -2.54. The predicted octanol–water partition coefficient (Wildman–Crippen LogP) is 12.0. The van der Waals surface area contributed by atoms with Gasteiger partial charge in [-0.3, -0.25) is 0 Å². The van der Waals surface area contributed by atoms with Crippen molar-refractivity contribution in [3.8, 4) is 0 Å². The fourth-order valence-corrected chi connectivity index (χ4v) is 55.4. The van der Waals surface area contributed by atoms with Crippen LogP contribution < -0.4 is 62.2 Å². The molecule has 0 aromatic heterocycles. The number of hydrogen-bond donors (Lipinski definition) is 0.